The van der Waals surface area contributed by atoms with Gasteiger partial charge in [0.25, 0.3) is 10.0 Å². The summed E-state index contributed by atoms with van der Waals surface area (Å²) in [4.78, 5) is 13.1. The highest BCUT2D eigenvalue weighted by Gasteiger charge is 2.20. The number of sulfonamides is 1. The maximum absolute atomic E-state index is 12.6. The molecule has 0 aromatic heterocycles. The summed E-state index contributed by atoms with van der Waals surface area (Å²) in [6, 6.07) is 10.9. The lowest BCUT2D eigenvalue weighted by molar-refractivity contribution is 0.230. The zero-order valence-corrected chi connectivity index (χ0v) is 15.1. The fourth-order valence-electron chi connectivity index (χ4n) is 1.93. The number of para-hydroxylation sites is 2. The summed E-state index contributed by atoms with van der Waals surface area (Å²) in [5.41, 5.74) is 1.46. The maximum atomic E-state index is 12.6. The normalized spacial score (nSPS) is 11.0. The standard InChI is InChI=1S/C16H18ClN3O3S/c1-11-8-9-15(12(17)10-11)24(22,23)19-14-7-5-4-6-13(14)18-16(21)20(2)3/h4-10,19H,1-3H3,(H,18,21). The Bertz CT molecular complexity index is 867. The monoisotopic (exact) mass is 367 g/mol. The van der Waals surface area contributed by atoms with Crippen LogP contribution in [0, 0.1) is 6.92 Å². The number of anilines is 2. The molecule has 0 fully saturated rings. The van der Waals surface area contributed by atoms with E-state index in [1.165, 1.54) is 11.0 Å². The van der Waals surface area contributed by atoms with E-state index in [9.17, 15) is 13.2 Å². The zero-order valence-electron chi connectivity index (χ0n) is 13.5. The van der Waals surface area contributed by atoms with Crippen LogP contribution in [0.1, 0.15) is 5.56 Å². The second kappa shape index (κ2) is 7.11. The lowest BCUT2D eigenvalue weighted by Gasteiger charge is -2.16. The van der Waals surface area contributed by atoms with Crippen molar-refractivity contribution in [1.82, 2.24) is 4.90 Å². The Balaban J connectivity index is 2.35. The summed E-state index contributed by atoms with van der Waals surface area (Å²) in [7, 11) is -0.703. The van der Waals surface area contributed by atoms with Gasteiger partial charge in [-0.2, -0.15) is 0 Å². The molecule has 0 atom stereocenters. The largest absolute Gasteiger partial charge is 0.331 e. The predicted octanol–water partition coefficient (Wildman–Crippen LogP) is 3.54. The van der Waals surface area contributed by atoms with Crippen molar-refractivity contribution in [2.45, 2.75) is 11.8 Å². The van der Waals surface area contributed by atoms with E-state index in [0.29, 0.717) is 5.69 Å². The van der Waals surface area contributed by atoms with Crippen molar-refractivity contribution in [2.24, 2.45) is 0 Å². The first-order valence-electron chi connectivity index (χ1n) is 7.07. The number of nitrogens with one attached hydrogen (secondary N) is 2. The number of hydrogen-bond donors (Lipinski definition) is 2. The number of urea groups is 1. The van der Waals surface area contributed by atoms with E-state index in [1.807, 2.05) is 6.92 Å². The number of aryl methyl sites for hydroxylation is 1. The zero-order chi connectivity index (χ0) is 17.9. The molecule has 24 heavy (non-hydrogen) atoms. The highest BCUT2D eigenvalue weighted by atomic mass is 35.5. The van der Waals surface area contributed by atoms with E-state index < -0.39 is 10.0 Å². The minimum Gasteiger partial charge on any atom is -0.331 e. The number of hydrogen-bond acceptors (Lipinski definition) is 3. The highest BCUT2D eigenvalue weighted by Crippen LogP contribution is 2.28. The molecule has 0 spiro atoms. The van der Waals surface area contributed by atoms with Gasteiger partial charge in [-0.3, -0.25) is 4.72 Å². The average molecular weight is 368 g/mol. The van der Waals surface area contributed by atoms with Crippen molar-refractivity contribution < 1.29 is 13.2 Å². The van der Waals surface area contributed by atoms with E-state index in [1.54, 1.807) is 50.5 Å². The lowest BCUT2D eigenvalue weighted by atomic mass is 10.2. The molecule has 6 nitrogen and oxygen atoms in total. The second-order valence-corrected chi connectivity index (χ2v) is 7.47. The Morgan fingerprint density at radius 1 is 1.08 bits per heavy atom. The molecule has 2 N–H and O–H groups in total. The number of halogens is 1. The minimum absolute atomic E-state index is 0.0245. The number of amides is 2. The SMILES string of the molecule is Cc1ccc(S(=O)(=O)Nc2ccccc2NC(=O)N(C)C)c(Cl)c1. The summed E-state index contributed by atoms with van der Waals surface area (Å²) in [5.74, 6) is 0. The Morgan fingerprint density at radius 3 is 2.29 bits per heavy atom. The number of carbonyl (C=O) groups is 1. The summed E-state index contributed by atoms with van der Waals surface area (Å²) in [5, 5.41) is 2.77. The molecule has 2 aromatic carbocycles. The van der Waals surface area contributed by atoms with Gasteiger partial charge in [-0.25, -0.2) is 13.2 Å². The molecule has 0 bridgehead atoms. The van der Waals surface area contributed by atoms with E-state index in [-0.39, 0.29) is 21.6 Å². The van der Waals surface area contributed by atoms with E-state index >= 15 is 0 Å². The van der Waals surface area contributed by atoms with Crippen LogP contribution in [-0.4, -0.2) is 33.4 Å². The van der Waals surface area contributed by atoms with Gasteiger partial charge < -0.3 is 10.2 Å². The fraction of sp³-hybridized carbons (Fsp3) is 0.188. The quantitative estimate of drug-likeness (QED) is 0.867. The van der Waals surface area contributed by atoms with Gasteiger partial charge in [0, 0.05) is 14.1 Å². The van der Waals surface area contributed by atoms with Gasteiger partial charge in [0.2, 0.25) is 0 Å². The van der Waals surface area contributed by atoms with Crippen LogP contribution in [0.15, 0.2) is 47.4 Å². The predicted molar refractivity (Wildman–Crippen MR) is 96.1 cm³/mol. The summed E-state index contributed by atoms with van der Waals surface area (Å²) < 4.78 is 27.6. The molecular formula is C16H18ClN3O3S. The minimum atomic E-state index is -3.89. The van der Waals surface area contributed by atoms with Gasteiger partial charge >= 0.3 is 6.03 Å². The van der Waals surface area contributed by atoms with Crippen LogP contribution in [-0.2, 0) is 10.0 Å². The number of carbonyl (C=O) groups excluding carboxylic acids is 1. The highest BCUT2D eigenvalue weighted by molar-refractivity contribution is 7.92. The van der Waals surface area contributed by atoms with Crippen molar-refractivity contribution in [3.63, 3.8) is 0 Å². The molecule has 0 radical (unpaired) electrons. The second-order valence-electron chi connectivity index (χ2n) is 5.41. The first kappa shape index (κ1) is 18.1. The molecule has 0 aliphatic heterocycles. The molecule has 2 amide bonds. The summed E-state index contributed by atoms with van der Waals surface area (Å²) >= 11 is 6.05. The van der Waals surface area contributed by atoms with Crippen molar-refractivity contribution in [3.05, 3.63) is 53.1 Å². The Morgan fingerprint density at radius 2 is 1.71 bits per heavy atom. The fourth-order valence-corrected chi connectivity index (χ4v) is 3.61. The van der Waals surface area contributed by atoms with Crippen LogP contribution >= 0.6 is 11.6 Å². The summed E-state index contributed by atoms with van der Waals surface area (Å²) in [6.07, 6.45) is 0. The van der Waals surface area contributed by atoms with Crippen LogP contribution in [0.3, 0.4) is 0 Å². The third kappa shape index (κ3) is 4.18. The van der Waals surface area contributed by atoms with E-state index in [0.717, 1.165) is 5.56 Å². The Hall–Kier alpha value is -2.25. The number of benzene rings is 2. The number of rotatable bonds is 4. The van der Waals surface area contributed by atoms with Gasteiger partial charge in [0.05, 0.1) is 16.4 Å². The van der Waals surface area contributed by atoms with Gasteiger partial charge in [0.1, 0.15) is 4.90 Å². The van der Waals surface area contributed by atoms with Crippen LogP contribution in [0.2, 0.25) is 5.02 Å². The van der Waals surface area contributed by atoms with Crippen LogP contribution in [0.4, 0.5) is 16.2 Å². The molecule has 2 rings (SSSR count). The van der Waals surface area contributed by atoms with E-state index in [4.69, 9.17) is 11.6 Å². The molecule has 0 aliphatic carbocycles. The van der Waals surface area contributed by atoms with Gasteiger partial charge in [-0.15, -0.1) is 0 Å². The molecule has 2 aromatic rings. The van der Waals surface area contributed by atoms with Crippen molar-refractivity contribution >= 4 is 39.0 Å². The van der Waals surface area contributed by atoms with Crippen molar-refractivity contribution in [1.29, 1.82) is 0 Å². The summed E-state index contributed by atoms with van der Waals surface area (Å²) in [6.45, 7) is 1.82. The molecule has 0 aliphatic rings. The van der Waals surface area contributed by atoms with E-state index in [2.05, 4.69) is 10.0 Å². The van der Waals surface area contributed by atoms with Gasteiger partial charge in [-0.1, -0.05) is 29.8 Å². The number of nitrogens with zero attached hydrogens (tertiary/aromatic N) is 1. The maximum Gasteiger partial charge on any atom is 0.321 e. The molecule has 128 valence electrons. The molecule has 0 heterocycles. The van der Waals surface area contributed by atoms with Gasteiger partial charge in [-0.05, 0) is 36.8 Å². The molecule has 0 saturated carbocycles. The topological polar surface area (TPSA) is 78.5 Å². The Kier molecular flexibility index (Phi) is 5.36. The smallest absolute Gasteiger partial charge is 0.321 e. The third-order valence-corrected chi connectivity index (χ3v) is 5.04. The van der Waals surface area contributed by atoms with Crippen LogP contribution < -0.4 is 10.0 Å². The van der Waals surface area contributed by atoms with Gasteiger partial charge in [0.15, 0.2) is 0 Å². The van der Waals surface area contributed by atoms with Crippen LogP contribution in [0.25, 0.3) is 0 Å². The lowest BCUT2D eigenvalue weighted by Crippen LogP contribution is -2.28. The van der Waals surface area contributed by atoms with Crippen molar-refractivity contribution in [2.75, 3.05) is 24.1 Å². The molecule has 0 saturated heterocycles. The van der Waals surface area contributed by atoms with Crippen LogP contribution in [0.5, 0.6) is 0 Å². The first-order chi connectivity index (χ1) is 11.2. The first-order valence-corrected chi connectivity index (χ1v) is 8.93. The average Bonchev–Trinajstić information content (AvgIpc) is 2.48. The molecule has 8 heteroatoms. The molecular weight excluding hydrogens is 350 g/mol. The third-order valence-electron chi connectivity index (χ3n) is 3.20. The molecule has 0 unspecified atom stereocenters. The Labute approximate surface area is 146 Å². The van der Waals surface area contributed by atoms with Crippen molar-refractivity contribution in [3.8, 4) is 0 Å².